The van der Waals surface area contributed by atoms with Crippen LogP contribution in [0.15, 0.2) is 18.2 Å². The van der Waals surface area contributed by atoms with Crippen molar-refractivity contribution in [2.24, 2.45) is 0 Å². The van der Waals surface area contributed by atoms with Gasteiger partial charge >= 0.3 is 5.69 Å². The smallest absolute Gasteiger partial charge is 0.310 e. The van der Waals surface area contributed by atoms with Gasteiger partial charge in [-0.05, 0) is 32.5 Å². The van der Waals surface area contributed by atoms with Crippen LogP contribution in [0.2, 0.25) is 0 Å². The quantitative estimate of drug-likeness (QED) is 0.627. The number of rotatable bonds is 6. The fourth-order valence-electron chi connectivity index (χ4n) is 1.49. The summed E-state index contributed by atoms with van der Waals surface area (Å²) < 4.78 is 5.45. The lowest BCUT2D eigenvalue weighted by Gasteiger charge is -2.20. The lowest BCUT2D eigenvalue weighted by atomic mass is 10.0. The predicted molar refractivity (Wildman–Crippen MR) is 71.0 cm³/mol. The summed E-state index contributed by atoms with van der Waals surface area (Å²) in [5.41, 5.74) is 0.129. The van der Waals surface area contributed by atoms with E-state index in [0.717, 1.165) is 5.56 Å². The number of nitrogens with zero attached hydrogens (tertiary/aromatic N) is 2. The highest BCUT2D eigenvalue weighted by Crippen LogP contribution is 2.28. The topological polar surface area (TPSA) is 88.2 Å². The van der Waals surface area contributed by atoms with Gasteiger partial charge in [0.2, 0.25) is 0 Å². The van der Waals surface area contributed by atoms with Crippen LogP contribution in [0.3, 0.4) is 0 Å². The molecule has 0 fully saturated rings. The average molecular weight is 263 g/mol. The molecule has 6 heteroatoms. The predicted octanol–water partition coefficient (Wildman–Crippen LogP) is 2.17. The van der Waals surface area contributed by atoms with Gasteiger partial charge in [0.05, 0.1) is 17.6 Å². The zero-order chi connectivity index (χ0) is 14.5. The van der Waals surface area contributed by atoms with Crippen LogP contribution >= 0.6 is 0 Å². The zero-order valence-electron chi connectivity index (χ0n) is 11.3. The second kappa shape index (κ2) is 6.16. The molecule has 1 aromatic rings. The average Bonchev–Trinajstić information content (AvgIpc) is 2.38. The van der Waals surface area contributed by atoms with Crippen molar-refractivity contribution in [3.05, 3.63) is 33.9 Å². The summed E-state index contributed by atoms with van der Waals surface area (Å²) in [5.74, 6) is 0.237. The first-order valence-electron chi connectivity index (χ1n) is 5.90. The number of hydrogen-bond donors (Lipinski definition) is 1. The number of benzene rings is 1. The van der Waals surface area contributed by atoms with Gasteiger partial charge < -0.3 is 10.1 Å². The molecule has 0 spiro atoms. The Morgan fingerprint density at radius 1 is 1.58 bits per heavy atom. The molecule has 19 heavy (non-hydrogen) atoms. The van der Waals surface area contributed by atoms with E-state index in [9.17, 15) is 10.1 Å². The van der Waals surface area contributed by atoms with Crippen LogP contribution in [0.25, 0.3) is 0 Å². The lowest BCUT2D eigenvalue weighted by molar-refractivity contribution is -0.385. The van der Waals surface area contributed by atoms with E-state index in [1.54, 1.807) is 26.1 Å². The van der Waals surface area contributed by atoms with Crippen molar-refractivity contribution in [2.45, 2.75) is 25.8 Å². The number of nitrogens with one attached hydrogen (secondary N) is 1. The third kappa shape index (κ3) is 3.93. The van der Waals surface area contributed by atoms with Gasteiger partial charge in [-0.1, -0.05) is 6.07 Å². The van der Waals surface area contributed by atoms with E-state index in [2.05, 4.69) is 11.4 Å². The molecule has 0 saturated heterocycles. The van der Waals surface area contributed by atoms with Crippen LogP contribution in [0.5, 0.6) is 5.75 Å². The van der Waals surface area contributed by atoms with Crippen molar-refractivity contribution in [3.8, 4) is 11.8 Å². The van der Waals surface area contributed by atoms with Crippen LogP contribution in [0, 0.1) is 28.4 Å². The van der Waals surface area contributed by atoms with Crippen molar-refractivity contribution in [3.63, 3.8) is 0 Å². The van der Waals surface area contributed by atoms with E-state index in [4.69, 9.17) is 10.00 Å². The number of aryl methyl sites for hydroxylation is 1. The first kappa shape index (κ1) is 14.9. The van der Waals surface area contributed by atoms with E-state index in [-0.39, 0.29) is 18.0 Å². The Morgan fingerprint density at radius 2 is 2.26 bits per heavy atom. The molecule has 0 amide bonds. The molecule has 1 unspecified atom stereocenters. The molecule has 1 N–H and O–H groups in total. The number of hydrogen-bond acceptors (Lipinski definition) is 5. The molecule has 0 saturated carbocycles. The maximum atomic E-state index is 10.9. The second-order valence-electron chi connectivity index (χ2n) is 4.52. The van der Waals surface area contributed by atoms with Crippen LogP contribution < -0.4 is 10.1 Å². The Kier molecular flexibility index (Phi) is 4.84. The number of nitro benzene ring substituents is 1. The molecule has 6 nitrogen and oxygen atoms in total. The number of ether oxygens (including phenoxy) is 1. The maximum absolute atomic E-state index is 10.9. The highest BCUT2D eigenvalue weighted by atomic mass is 16.6. The van der Waals surface area contributed by atoms with E-state index in [0.29, 0.717) is 6.42 Å². The van der Waals surface area contributed by atoms with Gasteiger partial charge in [-0.3, -0.25) is 10.1 Å². The van der Waals surface area contributed by atoms with E-state index in [1.807, 2.05) is 6.92 Å². The van der Waals surface area contributed by atoms with Crippen molar-refractivity contribution in [2.75, 3.05) is 13.7 Å². The fraction of sp³-hybridized carbons (Fsp3) is 0.462. The minimum Gasteiger partial charge on any atom is -0.487 e. The monoisotopic (exact) mass is 263 g/mol. The Balaban J connectivity index is 2.76. The van der Waals surface area contributed by atoms with E-state index >= 15 is 0 Å². The first-order chi connectivity index (χ1) is 8.91. The summed E-state index contributed by atoms with van der Waals surface area (Å²) in [4.78, 5) is 10.4. The highest BCUT2D eigenvalue weighted by molar-refractivity contribution is 5.48. The van der Waals surface area contributed by atoms with Crippen LogP contribution in [-0.2, 0) is 0 Å². The molecule has 0 radical (unpaired) electrons. The molecule has 0 aromatic heterocycles. The van der Waals surface area contributed by atoms with Crippen molar-refractivity contribution >= 4 is 5.69 Å². The van der Waals surface area contributed by atoms with Crippen molar-refractivity contribution in [1.29, 1.82) is 5.26 Å². The summed E-state index contributed by atoms with van der Waals surface area (Å²) in [7, 11) is 1.69. The Bertz CT molecular complexity index is 510. The van der Waals surface area contributed by atoms with E-state index < -0.39 is 10.5 Å². The van der Waals surface area contributed by atoms with Crippen LogP contribution in [-0.4, -0.2) is 24.1 Å². The molecule has 102 valence electrons. The van der Waals surface area contributed by atoms with Gasteiger partial charge in [0.15, 0.2) is 5.75 Å². The third-order valence-corrected chi connectivity index (χ3v) is 2.97. The number of nitro groups is 1. The molecule has 1 rings (SSSR count). The Hall–Kier alpha value is -2.13. The molecule has 0 heterocycles. The van der Waals surface area contributed by atoms with Gasteiger partial charge in [0.25, 0.3) is 0 Å². The standard InChI is InChI=1S/C13H17N3O3/c1-10-4-5-11(16(17)18)12(8-10)19-7-6-13(2,9-14)15-3/h4-5,8,15H,6-7H2,1-3H3. The first-order valence-corrected chi connectivity index (χ1v) is 5.90. The summed E-state index contributed by atoms with van der Waals surface area (Å²) >= 11 is 0. The highest BCUT2D eigenvalue weighted by Gasteiger charge is 2.22. The van der Waals surface area contributed by atoms with Gasteiger partial charge in [0, 0.05) is 12.5 Å². The number of nitriles is 1. The van der Waals surface area contributed by atoms with E-state index in [1.165, 1.54) is 6.07 Å². The minimum atomic E-state index is -0.696. The van der Waals surface area contributed by atoms with Crippen molar-refractivity contribution < 1.29 is 9.66 Å². The normalized spacial score (nSPS) is 13.4. The van der Waals surface area contributed by atoms with Crippen molar-refractivity contribution in [1.82, 2.24) is 5.32 Å². The molecule has 0 aliphatic carbocycles. The second-order valence-corrected chi connectivity index (χ2v) is 4.52. The minimum absolute atomic E-state index is 0.0614. The summed E-state index contributed by atoms with van der Waals surface area (Å²) in [6.45, 7) is 3.82. The fourth-order valence-corrected chi connectivity index (χ4v) is 1.49. The maximum Gasteiger partial charge on any atom is 0.310 e. The molecule has 0 aliphatic heterocycles. The summed E-state index contributed by atoms with van der Waals surface area (Å²) in [6, 6.07) is 6.85. The molecular formula is C13H17N3O3. The molecule has 0 bridgehead atoms. The largest absolute Gasteiger partial charge is 0.487 e. The lowest BCUT2D eigenvalue weighted by Crippen LogP contribution is -2.39. The van der Waals surface area contributed by atoms with Gasteiger partial charge in [-0.2, -0.15) is 5.26 Å². The van der Waals surface area contributed by atoms with Gasteiger partial charge in [-0.25, -0.2) is 0 Å². The third-order valence-electron chi connectivity index (χ3n) is 2.97. The Labute approximate surface area is 112 Å². The molecular weight excluding hydrogens is 246 g/mol. The SMILES string of the molecule is CNC(C)(C#N)CCOc1cc(C)ccc1[N+](=O)[O-]. The molecule has 1 atom stereocenters. The zero-order valence-corrected chi connectivity index (χ0v) is 11.3. The summed E-state index contributed by atoms with van der Waals surface area (Å²) in [6.07, 6.45) is 0.436. The molecule has 0 aliphatic rings. The van der Waals surface area contributed by atoms with Crippen LogP contribution in [0.4, 0.5) is 5.69 Å². The van der Waals surface area contributed by atoms with Gasteiger partial charge in [-0.15, -0.1) is 0 Å². The summed E-state index contributed by atoms with van der Waals surface area (Å²) in [5, 5.41) is 22.7. The molecule has 1 aromatic carbocycles. The van der Waals surface area contributed by atoms with Gasteiger partial charge in [0.1, 0.15) is 5.54 Å². The van der Waals surface area contributed by atoms with Crippen LogP contribution in [0.1, 0.15) is 18.9 Å². The Morgan fingerprint density at radius 3 is 2.79 bits per heavy atom.